The smallest absolute Gasteiger partial charge is 0.217 e. The fourth-order valence-electron chi connectivity index (χ4n) is 2.52. The van der Waals surface area contributed by atoms with Gasteiger partial charge in [-0.25, -0.2) is 0 Å². The monoisotopic (exact) mass is 292 g/mol. The largest absolute Gasteiger partial charge is 0.384 e. The van der Waals surface area contributed by atoms with Crippen LogP contribution in [0.25, 0.3) is 0 Å². The van der Waals surface area contributed by atoms with Crippen molar-refractivity contribution in [1.29, 1.82) is 0 Å². The zero-order valence-electron chi connectivity index (χ0n) is 11.5. The molecule has 0 radical (unpaired) electrons. The summed E-state index contributed by atoms with van der Waals surface area (Å²) in [5.74, 6) is 5.85. The van der Waals surface area contributed by atoms with Crippen LogP contribution in [0.4, 0.5) is 0 Å². The maximum Gasteiger partial charge on any atom is 0.217 e. The molecule has 1 aliphatic rings. The second-order valence-corrected chi connectivity index (χ2v) is 6.15. The van der Waals surface area contributed by atoms with Gasteiger partial charge in [-0.3, -0.25) is 9.69 Å². The highest BCUT2D eigenvalue weighted by Crippen LogP contribution is 2.23. The van der Waals surface area contributed by atoms with E-state index in [1.165, 1.54) is 4.88 Å². The van der Waals surface area contributed by atoms with E-state index in [1.807, 2.05) is 5.38 Å². The number of hydrogen-bond acceptors (Lipinski definition) is 4. The third-order valence-corrected chi connectivity index (χ3v) is 4.46. The second-order valence-electron chi connectivity index (χ2n) is 5.15. The zero-order chi connectivity index (χ0) is 14.4. The van der Waals surface area contributed by atoms with Gasteiger partial charge >= 0.3 is 0 Å². The number of aliphatic hydroxyl groups excluding tert-OH is 1. The topological polar surface area (TPSA) is 66.6 Å². The van der Waals surface area contributed by atoms with E-state index in [2.05, 4.69) is 22.8 Å². The molecule has 4 nitrogen and oxygen atoms in total. The van der Waals surface area contributed by atoms with Crippen LogP contribution in [0.5, 0.6) is 0 Å². The number of likely N-dealkylation sites (tertiary alicyclic amines) is 1. The van der Waals surface area contributed by atoms with E-state index in [-0.39, 0.29) is 12.5 Å². The molecule has 1 amide bonds. The fourth-order valence-corrected chi connectivity index (χ4v) is 3.38. The van der Waals surface area contributed by atoms with Crippen molar-refractivity contribution in [3.63, 3.8) is 0 Å². The van der Waals surface area contributed by atoms with Crippen LogP contribution in [0, 0.1) is 17.8 Å². The molecule has 0 saturated carbocycles. The minimum absolute atomic E-state index is 0.0987. The van der Waals surface area contributed by atoms with Gasteiger partial charge in [-0.05, 0) is 37.9 Å². The van der Waals surface area contributed by atoms with E-state index in [1.54, 1.807) is 11.3 Å². The number of carbonyl (C=O) groups is 1. The first kappa shape index (κ1) is 15.0. The van der Waals surface area contributed by atoms with E-state index < -0.39 is 0 Å². The molecule has 1 aromatic rings. The molecule has 5 heteroatoms. The van der Waals surface area contributed by atoms with Gasteiger partial charge < -0.3 is 10.8 Å². The Hall–Kier alpha value is -1.35. The van der Waals surface area contributed by atoms with E-state index in [0.717, 1.165) is 38.0 Å². The molecule has 3 N–H and O–H groups in total. The predicted octanol–water partition coefficient (Wildman–Crippen LogP) is 1.18. The van der Waals surface area contributed by atoms with Crippen LogP contribution in [0.1, 0.15) is 29.7 Å². The summed E-state index contributed by atoms with van der Waals surface area (Å²) in [7, 11) is 0. The molecular formula is C15H20N2O2S. The number of amides is 1. The minimum atomic E-state index is -0.186. The Balaban J connectivity index is 1.80. The molecule has 108 valence electrons. The molecule has 0 aliphatic carbocycles. The number of nitrogens with zero attached hydrogens (tertiary/aromatic N) is 1. The molecule has 0 aromatic carbocycles. The third-order valence-electron chi connectivity index (χ3n) is 3.54. The van der Waals surface area contributed by atoms with Crippen molar-refractivity contribution in [3.05, 3.63) is 21.9 Å². The van der Waals surface area contributed by atoms with Gasteiger partial charge in [0.15, 0.2) is 0 Å². The van der Waals surface area contributed by atoms with Crippen LogP contribution in [0.3, 0.4) is 0 Å². The Bertz CT molecular complexity index is 507. The first-order valence-corrected chi connectivity index (χ1v) is 7.73. The highest BCUT2D eigenvalue weighted by Gasteiger charge is 2.20. The van der Waals surface area contributed by atoms with Gasteiger partial charge in [-0.2, -0.15) is 0 Å². The summed E-state index contributed by atoms with van der Waals surface area (Å²) in [4.78, 5) is 14.6. The number of nitrogens with two attached hydrogens (primary N) is 1. The molecule has 0 unspecified atom stereocenters. The van der Waals surface area contributed by atoms with Crippen molar-refractivity contribution >= 4 is 17.2 Å². The number of thiophene rings is 1. The van der Waals surface area contributed by atoms with E-state index in [4.69, 9.17) is 10.8 Å². The van der Waals surface area contributed by atoms with Gasteiger partial charge in [-0.15, -0.1) is 11.3 Å². The van der Waals surface area contributed by atoms with Gasteiger partial charge in [0.1, 0.15) is 6.61 Å². The summed E-state index contributed by atoms with van der Waals surface area (Å²) in [6, 6.07) is 2.09. The van der Waals surface area contributed by atoms with Gasteiger partial charge in [0.25, 0.3) is 0 Å². The molecule has 1 saturated heterocycles. The highest BCUT2D eigenvalue weighted by atomic mass is 32.1. The SMILES string of the molecule is NC(=O)CC1CCN(Cc2cc(C#CCO)cs2)CC1. The number of piperidine rings is 1. The number of carbonyl (C=O) groups excluding carboxylic acids is 1. The predicted molar refractivity (Wildman–Crippen MR) is 80.1 cm³/mol. The van der Waals surface area contributed by atoms with Gasteiger partial charge in [-0.1, -0.05) is 11.8 Å². The average molecular weight is 292 g/mol. The van der Waals surface area contributed by atoms with Crippen LogP contribution >= 0.6 is 11.3 Å². The summed E-state index contributed by atoms with van der Waals surface area (Å²) >= 11 is 1.71. The van der Waals surface area contributed by atoms with Crippen LogP contribution in [0.15, 0.2) is 11.4 Å². The van der Waals surface area contributed by atoms with Crippen LogP contribution in [-0.4, -0.2) is 35.6 Å². The van der Waals surface area contributed by atoms with Gasteiger partial charge in [0, 0.05) is 28.8 Å². The maximum absolute atomic E-state index is 10.9. The van der Waals surface area contributed by atoms with Crippen LogP contribution in [-0.2, 0) is 11.3 Å². The second kappa shape index (κ2) is 7.44. The van der Waals surface area contributed by atoms with Crippen molar-refractivity contribution in [2.24, 2.45) is 11.7 Å². The maximum atomic E-state index is 10.9. The lowest BCUT2D eigenvalue weighted by molar-refractivity contribution is -0.119. The zero-order valence-corrected chi connectivity index (χ0v) is 12.3. The molecule has 0 bridgehead atoms. The Morgan fingerprint density at radius 1 is 1.50 bits per heavy atom. The van der Waals surface area contributed by atoms with Crippen molar-refractivity contribution in [2.75, 3.05) is 19.7 Å². The summed E-state index contributed by atoms with van der Waals surface area (Å²) < 4.78 is 0. The Morgan fingerprint density at radius 2 is 2.25 bits per heavy atom. The molecule has 2 heterocycles. The van der Waals surface area contributed by atoms with Crippen molar-refractivity contribution in [3.8, 4) is 11.8 Å². The molecule has 0 spiro atoms. The molecule has 1 fully saturated rings. The summed E-state index contributed by atoms with van der Waals surface area (Å²) in [5.41, 5.74) is 6.22. The lowest BCUT2D eigenvalue weighted by atomic mass is 9.93. The normalized spacial score (nSPS) is 16.6. The standard InChI is InChI=1S/C15H20N2O2S/c16-15(19)9-12-3-5-17(6-4-12)10-14-8-13(11-20-14)2-1-7-18/h8,11-12,18H,3-7,9-10H2,(H2,16,19). The van der Waals surface area contributed by atoms with E-state index >= 15 is 0 Å². The molecule has 1 aliphatic heterocycles. The summed E-state index contributed by atoms with van der Waals surface area (Å²) in [6.45, 7) is 2.88. The fraction of sp³-hybridized carbons (Fsp3) is 0.533. The molecular weight excluding hydrogens is 272 g/mol. The lowest BCUT2D eigenvalue weighted by Crippen LogP contribution is -2.34. The van der Waals surface area contributed by atoms with E-state index in [9.17, 15) is 4.79 Å². The Kier molecular flexibility index (Phi) is 5.60. The number of primary amides is 1. The summed E-state index contributed by atoms with van der Waals surface area (Å²) in [6.07, 6.45) is 2.62. The number of rotatable bonds is 4. The molecule has 20 heavy (non-hydrogen) atoms. The summed E-state index contributed by atoms with van der Waals surface area (Å²) in [5, 5.41) is 10.7. The first-order valence-electron chi connectivity index (χ1n) is 6.85. The van der Waals surface area contributed by atoms with Gasteiger partial charge in [0.2, 0.25) is 5.91 Å². The van der Waals surface area contributed by atoms with Gasteiger partial charge in [0.05, 0.1) is 0 Å². The number of aliphatic hydroxyl groups is 1. The highest BCUT2D eigenvalue weighted by molar-refractivity contribution is 7.10. The molecule has 2 rings (SSSR count). The quantitative estimate of drug-likeness (QED) is 0.819. The third kappa shape index (κ3) is 4.64. The van der Waals surface area contributed by atoms with Crippen LogP contribution in [0.2, 0.25) is 0 Å². The minimum Gasteiger partial charge on any atom is -0.384 e. The lowest BCUT2D eigenvalue weighted by Gasteiger charge is -2.31. The molecule has 0 atom stereocenters. The molecule has 1 aromatic heterocycles. The average Bonchev–Trinajstić information content (AvgIpc) is 2.86. The van der Waals surface area contributed by atoms with Crippen molar-refractivity contribution < 1.29 is 9.90 Å². The van der Waals surface area contributed by atoms with E-state index in [0.29, 0.717) is 12.3 Å². The van der Waals surface area contributed by atoms with Crippen molar-refractivity contribution in [2.45, 2.75) is 25.8 Å². The Morgan fingerprint density at radius 3 is 2.90 bits per heavy atom. The van der Waals surface area contributed by atoms with Crippen molar-refractivity contribution in [1.82, 2.24) is 4.90 Å². The number of hydrogen-bond donors (Lipinski definition) is 2. The Labute approximate surface area is 123 Å². The first-order chi connectivity index (χ1) is 9.67. The van der Waals surface area contributed by atoms with Crippen LogP contribution < -0.4 is 5.73 Å².